The van der Waals surface area contributed by atoms with Crippen LogP contribution in [-0.2, 0) is 25.8 Å². The minimum Gasteiger partial charge on any atom is -0.487 e. The number of ether oxygens (including phenoxy) is 1. The Balaban J connectivity index is 1.07. The maximum atomic E-state index is 14.1. The monoisotopic (exact) mass is 885 g/mol. The van der Waals surface area contributed by atoms with E-state index in [1.165, 1.54) is 6.92 Å². The van der Waals surface area contributed by atoms with E-state index in [0.29, 0.717) is 43.4 Å². The smallest absolute Gasteiger partial charge is 0.405 e. The zero-order chi connectivity index (χ0) is 43.5. The molecule has 0 unspecified atom stereocenters. The van der Waals surface area contributed by atoms with E-state index in [-0.39, 0.29) is 48.3 Å². The third-order valence-corrected chi connectivity index (χ3v) is 13.4. The third-order valence-electron chi connectivity index (χ3n) is 11.5. The number of carbonyl (C=O) groups is 5. The van der Waals surface area contributed by atoms with Crippen LogP contribution in [0.25, 0.3) is 20.9 Å². The molecule has 0 saturated carbocycles. The highest BCUT2D eigenvalue weighted by Crippen LogP contribution is 2.49. The van der Waals surface area contributed by atoms with Gasteiger partial charge in [0.1, 0.15) is 24.4 Å². The van der Waals surface area contributed by atoms with Gasteiger partial charge in [-0.05, 0) is 65.3 Å². The van der Waals surface area contributed by atoms with E-state index in [0.717, 1.165) is 54.5 Å². The van der Waals surface area contributed by atoms with Gasteiger partial charge in [-0.15, -0.1) is 34.5 Å². The topological polar surface area (TPSA) is 157 Å². The number of fused-ring (bicyclic) bond motifs is 6. The third kappa shape index (κ3) is 9.01. The number of carboxylic acid groups (broad SMARTS) is 1. The first kappa shape index (κ1) is 43.7. The minimum absolute atomic E-state index is 0.0514. The molecule has 61 heavy (non-hydrogen) atoms. The SMILES string of the molecule is Cc1csc2c(OCc3ccccc3)cc3c(c12)[C@H](CCl)CN3C(=O)CCCC(=O)N1C[C@@H](CCl)c2c1cc(NC(=O)[C@H](C)NC(=O)[C@@H](NC(=O)O)C(C)C)c1ccccc21. The van der Waals surface area contributed by atoms with Crippen molar-refractivity contribution in [1.29, 1.82) is 0 Å². The van der Waals surface area contributed by atoms with Crippen molar-refractivity contribution in [1.82, 2.24) is 10.6 Å². The summed E-state index contributed by atoms with van der Waals surface area (Å²) in [4.78, 5) is 69.4. The lowest BCUT2D eigenvalue weighted by molar-refractivity contribution is -0.128. The van der Waals surface area contributed by atoms with Gasteiger partial charge in [0, 0.05) is 72.1 Å². The zero-order valence-electron chi connectivity index (χ0n) is 34.4. The van der Waals surface area contributed by atoms with Gasteiger partial charge in [-0.1, -0.05) is 68.4 Å². The van der Waals surface area contributed by atoms with Crippen molar-refractivity contribution in [2.75, 3.05) is 40.0 Å². The van der Waals surface area contributed by atoms with Crippen molar-refractivity contribution in [2.45, 2.75) is 77.5 Å². The Morgan fingerprint density at radius 2 is 1.43 bits per heavy atom. The molecule has 4 aromatic carbocycles. The molecule has 2 aliphatic heterocycles. The van der Waals surface area contributed by atoms with Crippen molar-refractivity contribution < 1.29 is 33.8 Å². The zero-order valence-corrected chi connectivity index (χ0v) is 36.8. The highest BCUT2D eigenvalue weighted by molar-refractivity contribution is 7.17. The number of halogens is 2. The Morgan fingerprint density at radius 3 is 2.05 bits per heavy atom. The number of nitrogens with one attached hydrogen (secondary N) is 3. The van der Waals surface area contributed by atoms with Crippen LogP contribution in [-0.4, -0.2) is 71.8 Å². The number of alkyl halides is 2. The van der Waals surface area contributed by atoms with Crippen LogP contribution in [0.2, 0.25) is 0 Å². The van der Waals surface area contributed by atoms with Crippen LogP contribution in [0.15, 0.2) is 72.1 Å². The molecule has 7 rings (SSSR count). The molecule has 15 heteroatoms. The molecule has 0 radical (unpaired) electrons. The maximum absolute atomic E-state index is 14.1. The summed E-state index contributed by atoms with van der Waals surface area (Å²) in [6.07, 6.45) is -0.787. The van der Waals surface area contributed by atoms with E-state index in [1.54, 1.807) is 41.1 Å². The van der Waals surface area contributed by atoms with Gasteiger partial charge in [-0.3, -0.25) is 19.2 Å². The van der Waals surface area contributed by atoms with Gasteiger partial charge < -0.3 is 35.6 Å². The number of hydrogen-bond acceptors (Lipinski definition) is 7. The number of rotatable bonds is 15. The molecular weight excluding hydrogens is 838 g/mol. The Bertz CT molecular complexity index is 2500. The van der Waals surface area contributed by atoms with Gasteiger partial charge in [-0.25, -0.2) is 4.79 Å². The van der Waals surface area contributed by atoms with Crippen molar-refractivity contribution >= 4 is 102 Å². The molecule has 3 heterocycles. The van der Waals surface area contributed by atoms with Crippen LogP contribution in [0.5, 0.6) is 5.75 Å². The van der Waals surface area contributed by atoms with E-state index in [1.807, 2.05) is 60.7 Å². The Hall–Kier alpha value is -5.37. The fourth-order valence-electron chi connectivity index (χ4n) is 8.46. The predicted molar refractivity (Wildman–Crippen MR) is 243 cm³/mol. The Labute approximate surface area is 368 Å². The van der Waals surface area contributed by atoms with Crippen molar-refractivity contribution in [3.8, 4) is 5.75 Å². The second-order valence-corrected chi connectivity index (χ2v) is 17.6. The van der Waals surface area contributed by atoms with E-state index >= 15 is 0 Å². The quantitative estimate of drug-likeness (QED) is 0.0765. The summed E-state index contributed by atoms with van der Waals surface area (Å²) in [5.74, 6) is -0.665. The lowest BCUT2D eigenvalue weighted by Gasteiger charge is -2.23. The molecule has 0 fully saturated rings. The lowest BCUT2D eigenvalue weighted by atomic mass is 9.95. The molecule has 12 nitrogen and oxygen atoms in total. The van der Waals surface area contributed by atoms with E-state index in [2.05, 4.69) is 28.3 Å². The summed E-state index contributed by atoms with van der Waals surface area (Å²) in [6, 6.07) is 19.1. The molecule has 0 aliphatic carbocycles. The van der Waals surface area contributed by atoms with E-state index in [9.17, 15) is 29.1 Å². The van der Waals surface area contributed by atoms with Gasteiger partial charge in [0.15, 0.2) is 0 Å². The molecule has 320 valence electrons. The molecule has 0 bridgehead atoms. The Kier molecular flexibility index (Phi) is 13.4. The first-order valence-electron chi connectivity index (χ1n) is 20.4. The summed E-state index contributed by atoms with van der Waals surface area (Å²) in [7, 11) is 0. The predicted octanol–water partition coefficient (Wildman–Crippen LogP) is 8.89. The molecule has 0 saturated heterocycles. The van der Waals surface area contributed by atoms with E-state index < -0.39 is 30.0 Å². The number of hydrogen-bond donors (Lipinski definition) is 4. The standard InChI is InChI=1S/C46H49Cl2N5O7S/c1-25(2)42(51-46(58)59)45(57)49-27(4)44(56)50-33-17-34-40(32-14-9-8-13-31(32)33)29(19-47)21-52(34)37(54)15-10-16-38(55)53-22-30(20-48)41-35(53)18-36(43-39(41)26(3)24-61-43)60-23-28-11-6-5-7-12-28/h5-9,11-14,17-18,24-25,27,29-30,42,51H,10,15-16,19-23H2,1-4H3,(H,49,57)(H,50,56)(H,58,59)/t27-,29+,30+,42-/m0/s1. The van der Waals surface area contributed by atoms with Gasteiger partial charge in [0.05, 0.1) is 16.1 Å². The van der Waals surface area contributed by atoms with Crippen LogP contribution in [0.1, 0.15) is 74.1 Å². The summed E-state index contributed by atoms with van der Waals surface area (Å²) in [5.41, 5.74) is 5.96. The van der Waals surface area contributed by atoms with Gasteiger partial charge in [0.2, 0.25) is 23.6 Å². The van der Waals surface area contributed by atoms with Crippen LogP contribution < -0.4 is 30.5 Å². The molecule has 5 amide bonds. The number of nitrogens with zero attached hydrogens (tertiary/aromatic N) is 2. The van der Waals surface area contributed by atoms with Crippen LogP contribution in [0.3, 0.4) is 0 Å². The fourth-order valence-corrected chi connectivity index (χ4v) is 10.00. The summed E-state index contributed by atoms with van der Waals surface area (Å²) in [5, 5.41) is 21.7. The van der Waals surface area contributed by atoms with Crippen molar-refractivity contribution in [2.24, 2.45) is 5.92 Å². The Morgan fingerprint density at radius 1 is 0.820 bits per heavy atom. The number of thiophene rings is 1. The second-order valence-electron chi connectivity index (χ2n) is 16.1. The largest absolute Gasteiger partial charge is 0.487 e. The minimum atomic E-state index is -1.34. The normalized spacial score (nSPS) is 16.6. The molecule has 4 atom stereocenters. The number of aryl methyl sites for hydroxylation is 1. The second kappa shape index (κ2) is 18.7. The maximum Gasteiger partial charge on any atom is 0.405 e. The van der Waals surface area contributed by atoms with Gasteiger partial charge in [0.25, 0.3) is 0 Å². The first-order valence-corrected chi connectivity index (χ1v) is 22.4. The summed E-state index contributed by atoms with van der Waals surface area (Å²) < 4.78 is 7.42. The molecule has 5 aromatic rings. The number of carbonyl (C=O) groups excluding carboxylic acids is 4. The van der Waals surface area contributed by atoms with E-state index in [4.69, 9.17) is 27.9 Å². The van der Waals surface area contributed by atoms with Crippen LogP contribution in [0, 0.1) is 12.8 Å². The summed E-state index contributed by atoms with van der Waals surface area (Å²) >= 11 is 14.7. The number of benzene rings is 4. The average molecular weight is 887 g/mol. The fraction of sp³-hybridized carbons (Fsp3) is 0.370. The van der Waals surface area contributed by atoms with Crippen LogP contribution in [0.4, 0.5) is 21.9 Å². The average Bonchev–Trinajstić information content (AvgIpc) is 3.94. The molecule has 4 N–H and O–H groups in total. The van der Waals surface area contributed by atoms with Gasteiger partial charge >= 0.3 is 6.09 Å². The number of amides is 5. The van der Waals surface area contributed by atoms with Crippen molar-refractivity contribution in [3.05, 3.63) is 94.4 Å². The lowest BCUT2D eigenvalue weighted by Crippen LogP contribution is -2.53. The van der Waals surface area contributed by atoms with Crippen molar-refractivity contribution in [3.63, 3.8) is 0 Å². The first-order chi connectivity index (χ1) is 29.3. The highest BCUT2D eigenvalue weighted by Gasteiger charge is 2.37. The molecule has 0 spiro atoms. The van der Waals surface area contributed by atoms with Crippen LogP contribution >= 0.6 is 34.5 Å². The highest BCUT2D eigenvalue weighted by atomic mass is 35.5. The summed E-state index contributed by atoms with van der Waals surface area (Å²) in [6.45, 7) is 8.15. The van der Waals surface area contributed by atoms with Gasteiger partial charge in [-0.2, -0.15) is 0 Å². The molecule has 1 aromatic heterocycles. The number of anilines is 3. The molecule has 2 aliphatic rings. The molecular formula is C46H49Cl2N5O7S.